The minimum Gasteiger partial charge on any atom is -0.337 e. The van der Waals surface area contributed by atoms with Gasteiger partial charge in [0.1, 0.15) is 0 Å². The SMILES string of the molecule is CN(Cc1ccccc1Cl)C(=O)c1cccc(S(=O)(=O)N2CCCCC2)c1. The normalized spacial score (nSPS) is 15.5. The molecule has 1 aliphatic rings. The van der Waals surface area contributed by atoms with E-state index in [0.29, 0.717) is 30.2 Å². The fourth-order valence-corrected chi connectivity index (χ4v) is 4.98. The van der Waals surface area contributed by atoms with E-state index in [1.807, 2.05) is 18.2 Å². The first-order chi connectivity index (χ1) is 12.9. The zero-order valence-electron chi connectivity index (χ0n) is 15.3. The van der Waals surface area contributed by atoms with Gasteiger partial charge in [0, 0.05) is 37.3 Å². The van der Waals surface area contributed by atoms with Crippen molar-refractivity contribution < 1.29 is 13.2 Å². The van der Waals surface area contributed by atoms with Gasteiger partial charge in [-0.15, -0.1) is 0 Å². The van der Waals surface area contributed by atoms with Gasteiger partial charge in [-0.25, -0.2) is 8.42 Å². The number of carbonyl (C=O) groups is 1. The first-order valence-electron chi connectivity index (χ1n) is 8.98. The van der Waals surface area contributed by atoms with Crippen molar-refractivity contribution in [2.45, 2.75) is 30.7 Å². The highest BCUT2D eigenvalue weighted by Crippen LogP contribution is 2.22. The summed E-state index contributed by atoms with van der Waals surface area (Å²) >= 11 is 6.17. The second-order valence-electron chi connectivity index (χ2n) is 6.75. The lowest BCUT2D eigenvalue weighted by atomic mass is 10.1. The van der Waals surface area contributed by atoms with E-state index in [1.165, 1.54) is 15.3 Å². The molecule has 1 aliphatic heterocycles. The molecule has 2 aromatic carbocycles. The molecule has 0 spiro atoms. The van der Waals surface area contributed by atoms with Crippen molar-refractivity contribution in [1.29, 1.82) is 0 Å². The Morgan fingerprint density at radius 3 is 2.48 bits per heavy atom. The Balaban J connectivity index is 1.80. The van der Waals surface area contributed by atoms with Crippen molar-refractivity contribution in [3.05, 3.63) is 64.7 Å². The Labute approximate surface area is 165 Å². The van der Waals surface area contributed by atoms with Crippen LogP contribution in [0.5, 0.6) is 0 Å². The molecule has 0 aliphatic carbocycles. The van der Waals surface area contributed by atoms with E-state index < -0.39 is 10.0 Å². The van der Waals surface area contributed by atoms with E-state index >= 15 is 0 Å². The summed E-state index contributed by atoms with van der Waals surface area (Å²) in [5, 5.41) is 0.596. The number of hydrogen-bond acceptors (Lipinski definition) is 3. The summed E-state index contributed by atoms with van der Waals surface area (Å²) in [6.07, 6.45) is 2.80. The molecule has 2 aromatic rings. The largest absolute Gasteiger partial charge is 0.337 e. The number of sulfonamides is 1. The molecule has 1 amide bonds. The van der Waals surface area contributed by atoms with Gasteiger partial charge in [0.05, 0.1) is 4.90 Å². The highest BCUT2D eigenvalue weighted by molar-refractivity contribution is 7.89. The van der Waals surface area contributed by atoms with Crippen LogP contribution in [-0.4, -0.2) is 43.7 Å². The third-order valence-corrected chi connectivity index (χ3v) is 7.01. The smallest absolute Gasteiger partial charge is 0.253 e. The molecular weight excluding hydrogens is 384 g/mol. The van der Waals surface area contributed by atoms with E-state index in [-0.39, 0.29) is 10.8 Å². The molecular formula is C20H23ClN2O3S. The lowest BCUT2D eigenvalue weighted by Gasteiger charge is -2.26. The average Bonchev–Trinajstić information content (AvgIpc) is 2.70. The van der Waals surface area contributed by atoms with Crippen LogP contribution in [0.15, 0.2) is 53.4 Å². The quantitative estimate of drug-likeness (QED) is 0.759. The molecule has 0 saturated carbocycles. The fourth-order valence-electron chi connectivity index (χ4n) is 3.22. The summed E-state index contributed by atoms with van der Waals surface area (Å²) in [4.78, 5) is 14.5. The van der Waals surface area contributed by atoms with Gasteiger partial charge < -0.3 is 4.90 Å². The summed E-state index contributed by atoms with van der Waals surface area (Å²) in [5.41, 5.74) is 1.19. The van der Waals surface area contributed by atoms with Crippen molar-refractivity contribution in [2.24, 2.45) is 0 Å². The highest BCUT2D eigenvalue weighted by Gasteiger charge is 2.26. The van der Waals surface area contributed by atoms with E-state index in [9.17, 15) is 13.2 Å². The molecule has 0 aromatic heterocycles. The average molecular weight is 407 g/mol. The van der Waals surface area contributed by atoms with Crippen LogP contribution >= 0.6 is 11.6 Å². The molecule has 144 valence electrons. The summed E-state index contributed by atoms with van der Waals surface area (Å²) in [6.45, 7) is 1.42. The van der Waals surface area contributed by atoms with Gasteiger partial charge in [0.25, 0.3) is 5.91 Å². The van der Waals surface area contributed by atoms with E-state index in [0.717, 1.165) is 24.8 Å². The van der Waals surface area contributed by atoms with Gasteiger partial charge >= 0.3 is 0 Å². The lowest BCUT2D eigenvalue weighted by Crippen LogP contribution is -2.35. The Morgan fingerprint density at radius 2 is 1.78 bits per heavy atom. The number of nitrogens with zero attached hydrogens (tertiary/aromatic N) is 2. The number of rotatable bonds is 5. The maximum absolute atomic E-state index is 12.9. The van der Waals surface area contributed by atoms with E-state index in [1.54, 1.807) is 31.3 Å². The van der Waals surface area contributed by atoms with Crippen molar-refractivity contribution >= 4 is 27.5 Å². The van der Waals surface area contributed by atoms with E-state index in [2.05, 4.69) is 0 Å². The second-order valence-corrected chi connectivity index (χ2v) is 9.09. The zero-order chi connectivity index (χ0) is 19.4. The first-order valence-corrected chi connectivity index (χ1v) is 10.8. The monoisotopic (exact) mass is 406 g/mol. The Hall–Kier alpha value is -1.89. The number of amides is 1. The maximum Gasteiger partial charge on any atom is 0.253 e. The molecule has 0 N–H and O–H groups in total. The minimum atomic E-state index is -3.57. The molecule has 1 saturated heterocycles. The maximum atomic E-state index is 12.9. The van der Waals surface area contributed by atoms with Gasteiger partial charge in [-0.05, 0) is 42.7 Å². The molecule has 1 fully saturated rings. The number of hydrogen-bond donors (Lipinski definition) is 0. The van der Waals surface area contributed by atoms with Gasteiger partial charge in [-0.3, -0.25) is 4.79 Å². The molecule has 3 rings (SSSR count). The lowest BCUT2D eigenvalue weighted by molar-refractivity contribution is 0.0785. The summed E-state index contributed by atoms with van der Waals surface area (Å²) in [6, 6.07) is 13.6. The molecule has 0 radical (unpaired) electrons. The van der Waals surface area contributed by atoms with Gasteiger partial charge in [0.2, 0.25) is 10.0 Å². The number of halogens is 1. The summed E-state index contributed by atoms with van der Waals surface area (Å²) < 4.78 is 27.2. The van der Waals surface area contributed by atoms with Crippen molar-refractivity contribution in [2.75, 3.05) is 20.1 Å². The van der Waals surface area contributed by atoms with Gasteiger partial charge in [0.15, 0.2) is 0 Å². The first kappa shape index (κ1) is 19.9. The number of carbonyl (C=O) groups excluding carboxylic acids is 1. The van der Waals surface area contributed by atoms with Crippen LogP contribution in [0.3, 0.4) is 0 Å². The Kier molecular flexibility index (Phi) is 6.19. The molecule has 5 nitrogen and oxygen atoms in total. The minimum absolute atomic E-state index is 0.168. The third kappa shape index (κ3) is 4.51. The molecule has 0 bridgehead atoms. The van der Waals surface area contributed by atoms with Crippen LogP contribution < -0.4 is 0 Å². The van der Waals surface area contributed by atoms with Gasteiger partial charge in [-0.2, -0.15) is 4.31 Å². The van der Waals surface area contributed by atoms with Crippen LogP contribution in [0.1, 0.15) is 35.2 Å². The van der Waals surface area contributed by atoms with Gasteiger partial charge in [-0.1, -0.05) is 42.3 Å². The molecule has 27 heavy (non-hydrogen) atoms. The molecule has 0 unspecified atom stereocenters. The predicted octanol–water partition coefficient (Wildman–Crippen LogP) is 3.79. The van der Waals surface area contributed by atoms with Crippen LogP contribution in [0, 0.1) is 0 Å². The summed E-state index contributed by atoms with van der Waals surface area (Å²) in [5.74, 6) is -0.245. The highest BCUT2D eigenvalue weighted by atomic mass is 35.5. The topological polar surface area (TPSA) is 57.7 Å². The van der Waals surface area contributed by atoms with Crippen molar-refractivity contribution in [3.63, 3.8) is 0 Å². The second kappa shape index (κ2) is 8.42. The Bertz CT molecular complexity index is 924. The third-order valence-electron chi connectivity index (χ3n) is 4.75. The fraction of sp³-hybridized carbons (Fsp3) is 0.350. The number of piperidine rings is 1. The van der Waals surface area contributed by atoms with Crippen LogP contribution in [0.25, 0.3) is 0 Å². The molecule has 0 atom stereocenters. The summed E-state index contributed by atoms with van der Waals surface area (Å²) in [7, 11) is -1.89. The molecule has 7 heteroatoms. The Morgan fingerprint density at radius 1 is 1.07 bits per heavy atom. The van der Waals surface area contributed by atoms with Crippen molar-refractivity contribution in [3.8, 4) is 0 Å². The van der Waals surface area contributed by atoms with Crippen LogP contribution in [0.4, 0.5) is 0 Å². The molecule has 1 heterocycles. The number of benzene rings is 2. The predicted molar refractivity (Wildman–Crippen MR) is 106 cm³/mol. The van der Waals surface area contributed by atoms with Crippen LogP contribution in [0.2, 0.25) is 5.02 Å². The van der Waals surface area contributed by atoms with Crippen molar-refractivity contribution in [1.82, 2.24) is 9.21 Å². The van der Waals surface area contributed by atoms with Crippen LogP contribution in [-0.2, 0) is 16.6 Å². The standard InChI is InChI=1S/C20H23ClN2O3S/c1-22(15-17-8-3-4-11-19(17)21)20(24)16-9-7-10-18(14-16)27(25,26)23-12-5-2-6-13-23/h3-4,7-11,14H,2,5-6,12-13,15H2,1H3. The zero-order valence-corrected chi connectivity index (χ0v) is 16.8. The van der Waals surface area contributed by atoms with E-state index in [4.69, 9.17) is 11.6 Å².